The van der Waals surface area contributed by atoms with Gasteiger partial charge in [0.05, 0.1) is 12.2 Å². The average Bonchev–Trinajstić information content (AvgIpc) is 2.48. The van der Waals surface area contributed by atoms with E-state index in [1.165, 1.54) is 0 Å². The smallest absolute Gasteiger partial charge is 0.275 e. The van der Waals surface area contributed by atoms with E-state index in [0.717, 1.165) is 5.56 Å². The first kappa shape index (κ1) is 13.4. The van der Waals surface area contributed by atoms with Crippen molar-refractivity contribution < 1.29 is 9.63 Å². The third-order valence-corrected chi connectivity index (χ3v) is 3.15. The summed E-state index contributed by atoms with van der Waals surface area (Å²) in [6.45, 7) is 0.313. The van der Waals surface area contributed by atoms with Crippen LogP contribution >= 0.6 is 8.37 Å². The minimum Gasteiger partial charge on any atom is -0.279 e. The highest BCUT2D eigenvalue weighted by molar-refractivity contribution is 7.35. The molecule has 0 aromatic heterocycles. The van der Waals surface area contributed by atoms with Crippen LogP contribution in [-0.2, 0) is 11.4 Å². The minimum atomic E-state index is -0.328. The normalized spacial score (nSPS) is 10.3. The molecular weight excluding hydrogens is 259 g/mol. The molecule has 0 aliphatic rings. The van der Waals surface area contributed by atoms with E-state index in [1.807, 2.05) is 30.3 Å². The Balaban J connectivity index is 1.93. The van der Waals surface area contributed by atoms with Gasteiger partial charge in [0.15, 0.2) is 0 Å². The quantitative estimate of drug-likeness (QED) is 0.649. The molecule has 0 unspecified atom stereocenters. The lowest BCUT2D eigenvalue weighted by atomic mass is 10.2. The summed E-state index contributed by atoms with van der Waals surface area (Å²) in [6.07, 6.45) is 0. The molecule has 0 aliphatic carbocycles. The Hall–Kier alpha value is -2.03. The second-order valence-electron chi connectivity index (χ2n) is 3.83. The molecule has 0 bridgehead atoms. The Bertz CT molecular complexity index is 573. The summed E-state index contributed by atoms with van der Waals surface area (Å²) in [5, 5.41) is 8.00. The van der Waals surface area contributed by atoms with Crippen LogP contribution in [0.2, 0.25) is 0 Å². The van der Waals surface area contributed by atoms with Crippen molar-refractivity contribution in [3.8, 4) is 0 Å². The predicted octanol–water partition coefficient (Wildman–Crippen LogP) is 2.88. The maximum atomic E-state index is 11.9. The summed E-state index contributed by atoms with van der Waals surface area (Å²) in [5.41, 5.74) is 3.84. The van der Waals surface area contributed by atoms with Crippen molar-refractivity contribution in [2.45, 2.75) is 6.61 Å². The number of nitrogens with one attached hydrogen (secondary N) is 2. The number of amides is 1. The summed E-state index contributed by atoms with van der Waals surface area (Å²) in [7, 11) is 0.310. The van der Waals surface area contributed by atoms with E-state index in [4.69, 9.17) is 10.00 Å². The fourth-order valence-corrected chi connectivity index (χ4v) is 2.03. The molecule has 5 heteroatoms. The Morgan fingerprint density at radius 2 is 1.79 bits per heavy atom. The number of carbonyl (C=O) groups excluding carboxylic acids is 1. The van der Waals surface area contributed by atoms with Gasteiger partial charge in [0.1, 0.15) is 0 Å². The van der Waals surface area contributed by atoms with Gasteiger partial charge < -0.3 is 0 Å². The second kappa shape index (κ2) is 6.78. The maximum Gasteiger partial charge on any atom is 0.275 e. The zero-order valence-electron chi connectivity index (χ0n) is 10.2. The first-order chi connectivity index (χ1) is 9.31. The van der Waals surface area contributed by atoms with Crippen LogP contribution in [-0.4, -0.2) is 5.91 Å². The maximum absolute atomic E-state index is 11.9. The molecule has 96 valence electrons. The molecule has 0 atom stereocenters. The van der Waals surface area contributed by atoms with Crippen LogP contribution in [0.4, 0.5) is 0 Å². The van der Waals surface area contributed by atoms with Crippen molar-refractivity contribution in [2.24, 2.45) is 0 Å². The van der Waals surface area contributed by atoms with Gasteiger partial charge in [-0.25, -0.2) is 5.48 Å². The van der Waals surface area contributed by atoms with Crippen LogP contribution in [0.1, 0.15) is 15.9 Å². The van der Waals surface area contributed by atoms with Crippen LogP contribution in [0.15, 0.2) is 54.6 Å². The molecule has 0 saturated carbocycles. The minimum absolute atomic E-state index is 0.310. The standard InChI is InChI=1S/C14H13N2O2P/c15-19-13-9-5-4-8-12(13)14(17)16-18-10-11-6-2-1-3-7-11/h1-9,15H,10H2,(H,16,17). The van der Waals surface area contributed by atoms with Gasteiger partial charge in [0.2, 0.25) is 0 Å². The van der Waals surface area contributed by atoms with Crippen molar-refractivity contribution in [1.82, 2.24) is 5.48 Å². The number of rotatable bonds is 5. The van der Waals surface area contributed by atoms with Crippen molar-refractivity contribution in [1.29, 1.82) is 5.16 Å². The average molecular weight is 272 g/mol. The van der Waals surface area contributed by atoms with Crippen LogP contribution in [0.3, 0.4) is 0 Å². The highest BCUT2D eigenvalue weighted by Crippen LogP contribution is 2.05. The molecular formula is C14H13N2O2P. The van der Waals surface area contributed by atoms with E-state index in [9.17, 15) is 4.79 Å². The van der Waals surface area contributed by atoms with E-state index in [-0.39, 0.29) is 5.91 Å². The summed E-state index contributed by atoms with van der Waals surface area (Å²) in [4.78, 5) is 17.1. The van der Waals surface area contributed by atoms with Gasteiger partial charge in [-0.3, -0.25) is 14.8 Å². The fourth-order valence-electron chi connectivity index (χ4n) is 1.58. The molecule has 0 aliphatic heterocycles. The second-order valence-corrected chi connectivity index (χ2v) is 4.54. The lowest BCUT2D eigenvalue weighted by Gasteiger charge is -2.07. The highest BCUT2D eigenvalue weighted by Gasteiger charge is 2.09. The molecule has 0 radical (unpaired) electrons. The molecule has 2 aromatic carbocycles. The Kier molecular flexibility index (Phi) is 4.78. The Morgan fingerprint density at radius 3 is 2.53 bits per heavy atom. The predicted molar refractivity (Wildman–Crippen MR) is 74.4 cm³/mol. The van der Waals surface area contributed by atoms with E-state index in [2.05, 4.69) is 5.48 Å². The van der Waals surface area contributed by atoms with Crippen LogP contribution in [0, 0.1) is 5.16 Å². The van der Waals surface area contributed by atoms with Gasteiger partial charge in [-0.15, -0.1) is 0 Å². The van der Waals surface area contributed by atoms with E-state index in [0.29, 0.717) is 25.8 Å². The largest absolute Gasteiger partial charge is 0.279 e. The van der Waals surface area contributed by atoms with E-state index < -0.39 is 0 Å². The molecule has 0 saturated heterocycles. The SMILES string of the molecule is N=Pc1ccccc1C(=O)NOCc1ccccc1. The molecule has 19 heavy (non-hydrogen) atoms. The number of hydroxylamine groups is 1. The summed E-state index contributed by atoms with van der Waals surface area (Å²) >= 11 is 0. The molecule has 4 nitrogen and oxygen atoms in total. The van der Waals surface area contributed by atoms with Gasteiger partial charge in [0.25, 0.3) is 5.91 Å². The Labute approximate surface area is 113 Å². The first-order valence-corrected chi connectivity index (χ1v) is 6.63. The van der Waals surface area contributed by atoms with Gasteiger partial charge in [0, 0.05) is 13.7 Å². The third-order valence-electron chi connectivity index (χ3n) is 2.52. The molecule has 1 amide bonds. The first-order valence-electron chi connectivity index (χ1n) is 5.74. The molecule has 2 aromatic rings. The monoisotopic (exact) mass is 272 g/mol. The number of carbonyl (C=O) groups is 1. The third kappa shape index (κ3) is 3.71. The number of hydrogen-bond acceptors (Lipinski definition) is 3. The van der Waals surface area contributed by atoms with Crippen LogP contribution in [0.5, 0.6) is 0 Å². The fraction of sp³-hybridized carbons (Fsp3) is 0.0714. The zero-order valence-corrected chi connectivity index (χ0v) is 11.1. The Morgan fingerprint density at radius 1 is 1.11 bits per heavy atom. The molecule has 2 rings (SSSR count). The zero-order chi connectivity index (χ0) is 13.5. The van der Waals surface area contributed by atoms with Gasteiger partial charge >= 0.3 is 0 Å². The molecule has 0 heterocycles. The van der Waals surface area contributed by atoms with Crippen molar-refractivity contribution in [2.75, 3.05) is 0 Å². The summed E-state index contributed by atoms with van der Waals surface area (Å²) < 4.78 is 0. The van der Waals surface area contributed by atoms with E-state index in [1.54, 1.807) is 24.3 Å². The number of benzene rings is 2. The van der Waals surface area contributed by atoms with Crippen molar-refractivity contribution in [3.05, 3.63) is 65.7 Å². The van der Waals surface area contributed by atoms with E-state index >= 15 is 0 Å². The van der Waals surface area contributed by atoms with Crippen molar-refractivity contribution in [3.63, 3.8) is 0 Å². The topological polar surface area (TPSA) is 62.2 Å². The molecule has 0 spiro atoms. The highest BCUT2D eigenvalue weighted by atomic mass is 31.1. The van der Waals surface area contributed by atoms with Gasteiger partial charge in [-0.05, 0) is 17.7 Å². The van der Waals surface area contributed by atoms with Crippen LogP contribution < -0.4 is 10.8 Å². The van der Waals surface area contributed by atoms with Gasteiger partial charge in [-0.2, -0.15) is 0 Å². The van der Waals surface area contributed by atoms with Gasteiger partial charge in [-0.1, -0.05) is 42.5 Å². The van der Waals surface area contributed by atoms with Crippen molar-refractivity contribution >= 4 is 19.6 Å². The summed E-state index contributed by atoms with van der Waals surface area (Å²) in [6, 6.07) is 16.6. The van der Waals surface area contributed by atoms with Crippen LogP contribution in [0.25, 0.3) is 0 Å². The molecule has 0 fully saturated rings. The summed E-state index contributed by atoms with van der Waals surface area (Å²) in [5.74, 6) is -0.328. The lowest BCUT2D eigenvalue weighted by molar-refractivity contribution is 0.0234. The number of hydrogen-bond donors (Lipinski definition) is 2. The lowest BCUT2D eigenvalue weighted by Crippen LogP contribution is -2.26. The molecule has 2 N–H and O–H groups in total.